The molecule has 0 bridgehead atoms. The molecule has 0 atom stereocenters. The highest BCUT2D eigenvalue weighted by Crippen LogP contribution is 2.14. The Morgan fingerprint density at radius 3 is 0.667 bits per heavy atom. The molecular formula is C32H64O4. The molecule has 0 saturated carbocycles. The molecule has 0 aliphatic heterocycles. The number of hydrogen-bond donors (Lipinski definition) is 2. The molecule has 0 amide bonds. The highest BCUT2D eigenvalue weighted by atomic mass is 16.4. The zero-order chi connectivity index (χ0) is 27.0. The highest BCUT2D eigenvalue weighted by molar-refractivity contribution is 5.66. The fourth-order valence-corrected chi connectivity index (χ4v) is 4.59. The van der Waals surface area contributed by atoms with Gasteiger partial charge >= 0.3 is 11.9 Å². The molecule has 0 rings (SSSR count). The van der Waals surface area contributed by atoms with Crippen molar-refractivity contribution in [2.75, 3.05) is 0 Å². The van der Waals surface area contributed by atoms with Crippen LogP contribution in [0.4, 0.5) is 0 Å². The molecule has 0 saturated heterocycles. The van der Waals surface area contributed by atoms with Gasteiger partial charge in [0.1, 0.15) is 0 Å². The van der Waals surface area contributed by atoms with Crippen molar-refractivity contribution < 1.29 is 19.8 Å². The summed E-state index contributed by atoms with van der Waals surface area (Å²) in [5, 5.41) is 17.0. The van der Waals surface area contributed by atoms with Crippen molar-refractivity contribution in [2.45, 2.75) is 194 Å². The molecule has 4 heteroatoms. The van der Waals surface area contributed by atoms with Crippen LogP contribution < -0.4 is 0 Å². The molecule has 0 aromatic carbocycles. The first-order valence-corrected chi connectivity index (χ1v) is 16.0. The summed E-state index contributed by atoms with van der Waals surface area (Å²) in [6.45, 7) is 4.52. The maximum atomic E-state index is 10.3. The number of hydrogen-bond acceptors (Lipinski definition) is 2. The number of rotatable bonds is 28. The molecule has 0 spiro atoms. The van der Waals surface area contributed by atoms with Crippen LogP contribution in [0.1, 0.15) is 194 Å². The van der Waals surface area contributed by atoms with E-state index < -0.39 is 11.9 Å². The van der Waals surface area contributed by atoms with Crippen LogP contribution >= 0.6 is 0 Å². The first-order chi connectivity index (χ1) is 17.5. The van der Waals surface area contributed by atoms with Crippen LogP contribution in [-0.4, -0.2) is 22.2 Å². The van der Waals surface area contributed by atoms with Crippen molar-refractivity contribution in [3.05, 3.63) is 0 Å². The van der Waals surface area contributed by atoms with Crippen LogP contribution in [0.5, 0.6) is 0 Å². The summed E-state index contributed by atoms with van der Waals surface area (Å²) >= 11 is 0. The van der Waals surface area contributed by atoms with E-state index in [9.17, 15) is 9.59 Å². The van der Waals surface area contributed by atoms with Gasteiger partial charge in [-0.1, -0.05) is 168 Å². The molecule has 0 aliphatic rings. The van der Waals surface area contributed by atoms with Gasteiger partial charge in [-0.25, -0.2) is 0 Å². The van der Waals surface area contributed by atoms with Gasteiger partial charge in [0.15, 0.2) is 0 Å². The van der Waals surface area contributed by atoms with Gasteiger partial charge in [-0.15, -0.1) is 0 Å². The van der Waals surface area contributed by atoms with E-state index in [2.05, 4.69) is 13.8 Å². The van der Waals surface area contributed by atoms with Gasteiger partial charge in [-0.2, -0.15) is 0 Å². The predicted molar refractivity (Wildman–Crippen MR) is 156 cm³/mol. The van der Waals surface area contributed by atoms with E-state index in [0.29, 0.717) is 12.8 Å². The molecule has 36 heavy (non-hydrogen) atoms. The second-order valence-corrected chi connectivity index (χ2v) is 10.8. The van der Waals surface area contributed by atoms with Gasteiger partial charge in [-0.05, 0) is 12.8 Å². The Bertz CT molecular complexity index is 436. The first kappa shape index (κ1) is 37.1. The minimum atomic E-state index is -0.655. The van der Waals surface area contributed by atoms with Gasteiger partial charge in [0.25, 0.3) is 0 Å². The number of carbonyl (C=O) groups is 2. The quantitative estimate of drug-likeness (QED) is 0.102. The van der Waals surface area contributed by atoms with Gasteiger partial charge in [0.2, 0.25) is 0 Å². The van der Waals surface area contributed by atoms with Crippen LogP contribution in [0.2, 0.25) is 0 Å². The summed E-state index contributed by atoms with van der Waals surface area (Å²) in [4.78, 5) is 20.6. The molecule has 0 heterocycles. The molecule has 216 valence electrons. The van der Waals surface area contributed by atoms with Crippen LogP contribution in [-0.2, 0) is 9.59 Å². The van der Waals surface area contributed by atoms with E-state index >= 15 is 0 Å². The van der Waals surface area contributed by atoms with Crippen LogP contribution in [0.3, 0.4) is 0 Å². The third-order valence-corrected chi connectivity index (χ3v) is 6.99. The summed E-state index contributed by atoms with van der Waals surface area (Å²) in [5.41, 5.74) is 0. The molecule has 0 aliphatic carbocycles. The Labute approximate surface area is 225 Å². The molecule has 0 aromatic heterocycles. The fourth-order valence-electron chi connectivity index (χ4n) is 4.59. The van der Waals surface area contributed by atoms with E-state index in [1.165, 1.54) is 141 Å². The normalized spacial score (nSPS) is 10.7. The van der Waals surface area contributed by atoms with Crippen molar-refractivity contribution in [1.29, 1.82) is 0 Å². The van der Waals surface area contributed by atoms with Crippen molar-refractivity contribution in [2.24, 2.45) is 0 Å². The third kappa shape index (κ3) is 40.1. The number of carboxylic acid groups (broad SMARTS) is 2. The third-order valence-electron chi connectivity index (χ3n) is 6.99. The van der Waals surface area contributed by atoms with Crippen LogP contribution in [0, 0.1) is 0 Å². The van der Waals surface area contributed by atoms with Gasteiger partial charge in [-0.3, -0.25) is 9.59 Å². The smallest absolute Gasteiger partial charge is 0.303 e. The van der Waals surface area contributed by atoms with Gasteiger partial charge in [0.05, 0.1) is 0 Å². The maximum absolute atomic E-state index is 10.3. The second-order valence-electron chi connectivity index (χ2n) is 10.8. The molecule has 2 N–H and O–H groups in total. The number of aliphatic carboxylic acids is 2. The van der Waals surface area contributed by atoms with Crippen molar-refractivity contribution >= 4 is 11.9 Å². The Hall–Kier alpha value is -1.06. The van der Waals surface area contributed by atoms with Crippen LogP contribution in [0.15, 0.2) is 0 Å². The fraction of sp³-hybridized carbons (Fsp3) is 0.938. The molecule has 0 fully saturated rings. The lowest BCUT2D eigenvalue weighted by Crippen LogP contribution is -1.93. The average molecular weight is 513 g/mol. The Balaban J connectivity index is 0. The lowest BCUT2D eigenvalue weighted by Gasteiger charge is -2.02. The minimum absolute atomic E-state index is 0.345. The molecule has 0 radical (unpaired) electrons. The Kier molecular flexibility index (Phi) is 35.0. The van der Waals surface area contributed by atoms with Gasteiger partial charge in [0, 0.05) is 12.8 Å². The topological polar surface area (TPSA) is 74.6 Å². The number of unbranched alkanes of at least 4 members (excludes halogenated alkanes) is 24. The summed E-state index contributed by atoms with van der Waals surface area (Å²) in [7, 11) is 0. The summed E-state index contributed by atoms with van der Waals surface area (Å²) in [6.07, 6.45) is 34.5. The molecular weight excluding hydrogens is 448 g/mol. The Morgan fingerprint density at radius 2 is 0.500 bits per heavy atom. The zero-order valence-corrected chi connectivity index (χ0v) is 24.5. The van der Waals surface area contributed by atoms with E-state index in [-0.39, 0.29) is 0 Å². The summed E-state index contributed by atoms with van der Waals surface area (Å²) in [6, 6.07) is 0. The predicted octanol–water partition coefficient (Wildman–Crippen LogP) is 11.1. The largest absolute Gasteiger partial charge is 0.481 e. The lowest BCUT2D eigenvalue weighted by molar-refractivity contribution is -0.138. The zero-order valence-electron chi connectivity index (χ0n) is 24.5. The van der Waals surface area contributed by atoms with Gasteiger partial charge < -0.3 is 10.2 Å². The van der Waals surface area contributed by atoms with Crippen molar-refractivity contribution in [1.82, 2.24) is 0 Å². The number of carboxylic acids is 2. The van der Waals surface area contributed by atoms with E-state index in [1.54, 1.807) is 0 Å². The first-order valence-electron chi connectivity index (χ1n) is 16.0. The molecule has 0 unspecified atom stereocenters. The van der Waals surface area contributed by atoms with E-state index in [1.807, 2.05) is 0 Å². The summed E-state index contributed by atoms with van der Waals surface area (Å²) < 4.78 is 0. The highest BCUT2D eigenvalue weighted by Gasteiger charge is 1.98. The minimum Gasteiger partial charge on any atom is -0.481 e. The monoisotopic (exact) mass is 512 g/mol. The van der Waals surface area contributed by atoms with E-state index in [4.69, 9.17) is 10.2 Å². The Morgan fingerprint density at radius 1 is 0.333 bits per heavy atom. The van der Waals surface area contributed by atoms with Crippen LogP contribution in [0.25, 0.3) is 0 Å². The van der Waals surface area contributed by atoms with Crippen molar-refractivity contribution in [3.8, 4) is 0 Å². The molecule has 0 aromatic rings. The lowest BCUT2D eigenvalue weighted by atomic mass is 10.0. The van der Waals surface area contributed by atoms with E-state index in [0.717, 1.165) is 25.7 Å². The molecule has 4 nitrogen and oxygen atoms in total. The summed E-state index contributed by atoms with van der Waals surface area (Å²) in [5.74, 6) is -1.31. The maximum Gasteiger partial charge on any atom is 0.303 e. The SMILES string of the molecule is CCCCCCCCCCCCCCC(=O)O.CCCCCCCCCCCCCCCCC(=O)O. The standard InChI is InChI=1S/C17H34O2.C15H30O2/c1-2-3-4-5-6-7-8-9-10-11-12-13-14-15-16-17(18)19;1-2-3-4-5-6-7-8-9-10-11-12-13-14-15(16)17/h2-16H2,1H3,(H,18,19);2-14H2,1H3,(H,16,17). The second kappa shape index (κ2) is 33.9. The average Bonchev–Trinajstić information content (AvgIpc) is 2.85. The van der Waals surface area contributed by atoms with Crippen molar-refractivity contribution in [3.63, 3.8) is 0 Å².